The average Bonchev–Trinajstić information content (AvgIpc) is 3.00. The fraction of sp³-hybridized carbons (Fsp3) is 0.294. The van der Waals surface area contributed by atoms with E-state index in [2.05, 4.69) is 22.2 Å². The molecule has 0 radical (unpaired) electrons. The van der Waals surface area contributed by atoms with Crippen LogP contribution in [-0.2, 0) is 35.4 Å². The van der Waals surface area contributed by atoms with Crippen LogP contribution in [0, 0.1) is 0 Å². The Morgan fingerprint density at radius 2 is 1.91 bits per heavy atom. The molecule has 0 saturated carbocycles. The zero-order valence-electron chi connectivity index (χ0n) is 13.0. The number of methoxy groups -OCH3 is 1. The molecule has 2 aromatic rings. The van der Waals surface area contributed by atoms with Crippen LogP contribution < -0.4 is 14.8 Å². The Morgan fingerprint density at radius 3 is 2.74 bits per heavy atom. The van der Waals surface area contributed by atoms with E-state index in [-0.39, 0.29) is 5.75 Å². The molecule has 1 aliphatic heterocycles. The van der Waals surface area contributed by atoms with Gasteiger partial charge in [-0.05, 0) is 34.4 Å². The molecule has 3 rings (SSSR count). The van der Waals surface area contributed by atoms with Crippen molar-refractivity contribution in [3.8, 4) is 5.75 Å². The summed E-state index contributed by atoms with van der Waals surface area (Å²) in [6.45, 7) is 2.04. The lowest BCUT2D eigenvalue weighted by molar-refractivity contribution is 0.414. The minimum absolute atomic E-state index is 0.0588. The van der Waals surface area contributed by atoms with Gasteiger partial charge >= 0.3 is 0 Å². The maximum Gasteiger partial charge on any atom is 0.216 e. The number of benzene rings is 2. The second-order valence-electron chi connectivity index (χ2n) is 5.64. The Labute approximate surface area is 136 Å². The molecule has 6 heteroatoms. The first-order valence-corrected chi connectivity index (χ1v) is 9.13. The summed E-state index contributed by atoms with van der Waals surface area (Å²) in [6.07, 6.45) is 0. The minimum atomic E-state index is -3.39. The fourth-order valence-electron chi connectivity index (χ4n) is 2.68. The van der Waals surface area contributed by atoms with Gasteiger partial charge in [-0.15, -0.1) is 0 Å². The third kappa shape index (κ3) is 4.10. The Kier molecular flexibility index (Phi) is 4.66. The Morgan fingerprint density at radius 1 is 1.09 bits per heavy atom. The number of sulfonamides is 1. The number of rotatable bonds is 6. The van der Waals surface area contributed by atoms with Gasteiger partial charge in [-0.3, -0.25) is 0 Å². The molecule has 1 heterocycles. The molecule has 0 bridgehead atoms. The summed E-state index contributed by atoms with van der Waals surface area (Å²) in [6, 6.07) is 13.2. The van der Waals surface area contributed by atoms with Crippen LogP contribution in [0.25, 0.3) is 0 Å². The van der Waals surface area contributed by atoms with E-state index < -0.39 is 10.0 Å². The summed E-state index contributed by atoms with van der Waals surface area (Å²) in [5, 5.41) is 3.28. The molecule has 0 saturated heterocycles. The topological polar surface area (TPSA) is 67.4 Å². The third-order valence-electron chi connectivity index (χ3n) is 3.89. The van der Waals surface area contributed by atoms with E-state index in [1.165, 1.54) is 11.1 Å². The standard InChI is InChI=1S/C17H20N2O3S/c1-22-17-4-2-3-14(8-17)12-23(20,21)19-9-13-5-6-15-10-18-11-16(15)7-13/h2-8,18-19H,9-12H2,1H3. The van der Waals surface area contributed by atoms with Crippen LogP contribution in [0.4, 0.5) is 0 Å². The van der Waals surface area contributed by atoms with Crippen LogP contribution >= 0.6 is 0 Å². The summed E-state index contributed by atoms with van der Waals surface area (Å²) in [4.78, 5) is 0. The van der Waals surface area contributed by atoms with Gasteiger partial charge in [0.15, 0.2) is 0 Å². The number of hydrogen-bond acceptors (Lipinski definition) is 4. The molecule has 0 aromatic heterocycles. The molecule has 1 aliphatic rings. The van der Waals surface area contributed by atoms with Crippen molar-refractivity contribution in [2.24, 2.45) is 0 Å². The van der Waals surface area contributed by atoms with E-state index in [0.717, 1.165) is 18.7 Å². The monoisotopic (exact) mass is 332 g/mol. The largest absolute Gasteiger partial charge is 0.497 e. The summed E-state index contributed by atoms with van der Waals surface area (Å²) >= 11 is 0. The van der Waals surface area contributed by atoms with Crippen LogP contribution in [-0.4, -0.2) is 15.5 Å². The molecule has 0 aliphatic carbocycles. The number of ether oxygens (including phenoxy) is 1. The van der Waals surface area contributed by atoms with Crippen LogP contribution in [0.3, 0.4) is 0 Å². The maximum atomic E-state index is 12.2. The van der Waals surface area contributed by atoms with E-state index in [1.807, 2.05) is 6.07 Å². The molecule has 2 aromatic carbocycles. The Hall–Kier alpha value is -1.89. The highest BCUT2D eigenvalue weighted by Gasteiger charge is 2.14. The van der Waals surface area contributed by atoms with Crippen molar-refractivity contribution in [1.29, 1.82) is 0 Å². The third-order valence-corrected chi connectivity index (χ3v) is 5.19. The first kappa shape index (κ1) is 16.0. The number of nitrogens with one attached hydrogen (secondary N) is 2. The van der Waals surface area contributed by atoms with Crippen LogP contribution in [0.5, 0.6) is 5.75 Å². The summed E-state index contributed by atoms with van der Waals surface area (Å²) < 4.78 is 32.3. The second-order valence-corrected chi connectivity index (χ2v) is 7.45. The smallest absolute Gasteiger partial charge is 0.216 e. The van der Waals surface area contributed by atoms with Crippen LogP contribution in [0.2, 0.25) is 0 Å². The zero-order valence-corrected chi connectivity index (χ0v) is 13.8. The van der Waals surface area contributed by atoms with Crippen molar-refractivity contribution in [3.05, 3.63) is 64.7 Å². The van der Waals surface area contributed by atoms with Gasteiger partial charge in [-0.2, -0.15) is 0 Å². The quantitative estimate of drug-likeness (QED) is 0.848. The fourth-order valence-corrected chi connectivity index (χ4v) is 3.79. The number of hydrogen-bond donors (Lipinski definition) is 2. The van der Waals surface area contributed by atoms with Crippen molar-refractivity contribution in [2.45, 2.75) is 25.4 Å². The van der Waals surface area contributed by atoms with Gasteiger partial charge in [0, 0.05) is 19.6 Å². The van der Waals surface area contributed by atoms with Gasteiger partial charge in [-0.25, -0.2) is 13.1 Å². The first-order chi connectivity index (χ1) is 11.1. The second kappa shape index (κ2) is 6.70. The minimum Gasteiger partial charge on any atom is -0.497 e. The molecule has 0 atom stereocenters. The van der Waals surface area contributed by atoms with Crippen molar-refractivity contribution in [1.82, 2.24) is 10.0 Å². The summed E-state index contributed by atoms with van der Waals surface area (Å²) in [5.74, 6) is 0.597. The van der Waals surface area contributed by atoms with Crippen molar-refractivity contribution < 1.29 is 13.2 Å². The molecule has 0 fully saturated rings. The lowest BCUT2D eigenvalue weighted by atomic mass is 10.1. The molecule has 122 valence electrons. The molecule has 23 heavy (non-hydrogen) atoms. The predicted molar refractivity (Wildman–Crippen MR) is 89.4 cm³/mol. The summed E-state index contributed by atoms with van der Waals surface area (Å²) in [5.41, 5.74) is 4.21. The van der Waals surface area contributed by atoms with E-state index >= 15 is 0 Å². The Bertz CT molecular complexity index is 803. The van der Waals surface area contributed by atoms with Gasteiger partial charge in [0.05, 0.1) is 12.9 Å². The number of fused-ring (bicyclic) bond motifs is 1. The molecule has 2 N–H and O–H groups in total. The van der Waals surface area contributed by atoms with E-state index in [9.17, 15) is 8.42 Å². The average molecular weight is 332 g/mol. The first-order valence-electron chi connectivity index (χ1n) is 7.47. The lowest BCUT2D eigenvalue weighted by Gasteiger charge is -2.09. The van der Waals surface area contributed by atoms with Gasteiger partial charge in [-0.1, -0.05) is 30.3 Å². The van der Waals surface area contributed by atoms with Gasteiger partial charge in [0.2, 0.25) is 10.0 Å². The lowest BCUT2D eigenvalue weighted by Crippen LogP contribution is -2.24. The van der Waals surface area contributed by atoms with Crippen molar-refractivity contribution in [3.63, 3.8) is 0 Å². The van der Waals surface area contributed by atoms with Crippen LogP contribution in [0.15, 0.2) is 42.5 Å². The van der Waals surface area contributed by atoms with Crippen molar-refractivity contribution >= 4 is 10.0 Å². The Balaban J connectivity index is 1.64. The molecule has 5 nitrogen and oxygen atoms in total. The van der Waals surface area contributed by atoms with E-state index in [1.54, 1.807) is 31.4 Å². The van der Waals surface area contributed by atoms with E-state index in [4.69, 9.17) is 4.74 Å². The molecule has 0 unspecified atom stereocenters. The normalized spacial score (nSPS) is 13.8. The zero-order chi connectivity index (χ0) is 16.3. The highest BCUT2D eigenvalue weighted by atomic mass is 32.2. The maximum absolute atomic E-state index is 12.2. The molecule has 0 spiro atoms. The molecule has 0 amide bonds. The van der Waals surface area contributed by atoms with Crippen LogP contribution in [0.1, 0.15) is 22.3 Å². The van der Waals surface area contributed by atoms with Gasteiger partial charge in [0.25, 0.3) is 0 Å². The highest BCUT2D eigenvalue weighted by Crippen LogP contribution is 2.18. The molecular weight excluding hydrogens is 312 g/mol. The van der Waals surface area contributed by atoms with E-state index in [0.29, 0.717) is 17.9 Å². The molecular formula is C17H20N2O3S. The predicted octanol–water partition coefficient (Wildman–Crippen LogP) is 1.92. The highest BCUT2D eigenvalue weighted by molar-refractivity contribution is 7.88. The van der Waals surface area contributed by atoms with Crippen molar-refractivity contribution in [2.75, 3.05) is 7.11 Å². The van der Waals surface area contributed by atoms with Gasteiger partial charge in [0.1, 0.15) is 5.75 Å². The van der Waals surface area contributed by atoms with Gasteiger partial charge < -0.3 is 10.1 Å². The SMILES string of the molecule is COc1cccc(CS(=O)(=O)NCc2ccc3c(c2)CNC3)c1. The summed E-state index contributed by atoms with van der Waals surface area (Å²) in [7, 11) is -1.83.